The Morgan fingerprint density at radius 3 is 2.41 bits per heavy atom. The molecule has 0 aromatic heterocycles. The van der Waals surface area contributed by atoms with Crippen LogP contribution in [-0.2, 0) is 11.2 Å². The summed E-state index contributed by atoms with van der Waals surface area (Å²) in [7, 11) is 0. The second kappa shape index (κ2) is 6.25. The minimum Gasteiger partial charge on any atom is -0.480 e. The summed E-state index contributed by atoms with van der Waals surface area (Å²) < 4.78 is 0. The van der Waals surface area contributed by atoms with Gasteiger partial charge in [0.25, 0.3) is 0 Å². The first-order valence-corrected chi connectivity index (χ1v) is 5.80. The monoisotopic (exact) mass is 236 g/mol. The smallest absolute Gasteiger partial charge is 0.322 e. The molecule has 0 amide bonds. The average molecular weight is 236 g/mol. The van der Waals surface area contributed by atoms with Crippen LogP contribution in [0.1, 0.15) is 19.4 Å². The number of benzene rings is 1. The SMILES string of the molecule is CC(C)Cc1ccc(NCC(N)C(=O)O)cc1. The molecule has 0 fully saturated rings. The number of nitrogens with one attached hydrogen (secondary N) is 1. The number of anilines is 1. The molecule has 1 atom stereocenters. The number of aliphatic carboxylic acids is 1. The van der Waals surface area contributed by atoms with Crippen molar-refractivity contribution >= 4 is 11.7 Å². The van der Waals surface area contributed by atoms with Crippen LogP contribution in [-0.4, -0.2) is 23.7 Å². The Hall–Kier alpha value is -1.55. The summed E-state index contributed by atoms with van der Waals surface area (Å²) in [5.41, 5.74) is 7.58. The lowest BCUT2D eigenvalue weighted by molar-refractivity contribution is -0.138. The van der Waals surface area contributed by atoms with E-state index in [-0.39, 0.29) is 6.54 Å². The molecule has 4 nitrogen and oxygen atoms in total. The van der Waals surface area contributed by atoms with Gasteiger partial charge < -0.3 is 16.2 Å². The number of rotatable bonds is 6. The first kappa shape index (κ1) is 13.5. The van der Waals surface area contributed by atoms with Gasteiger partial charge in [0.05, 0.1) is 0 Å². The standard InChI is InChI=1S/C13H20N2O2/c1-9(2)7-10-3-5-11(6-4-10)15-8-12(14)13(16)17/h3-6,9,12,15H,7-8,14H2,1-2H3,(H,16,17). The van der Waals surface area contributed by atoms with Crippen LogP contribution in [0.15, 0.2) is 24.3 Å². The molecule has 0 heterocycles. The van der Waals surface area contributed by atoms with Crippen LogP contribution in [0.2, 0.25) is 0 Å². The van der Waals surface area contributed by atoms with Gasteiger partial charge in [-0.05, 0) is 30.0 Å². The lowest BCUT2D eigenvalue weighted by Gasteiger charge is -2.10. The van der Waals surface area contributed by atoms with Crippen molar-refractivity contribution in [2.24, 2.45) is 11.7 Å². The molecule has 4 N–H and O–H groups in total. The first-order chi connectivity index (χ1) is 7.99. The van der Waals surface area contributed by atoms with E-state index in [1.54, 1.807) is 0 Å². The van der Waals surface area contributed by atoms with E-state index in [4.69, 9.17) is 10.8 Å². The van der Waals surface area contributed by atoms with Crippen molar-refractivity contribution in [1.29, 1.82) is 0 Å². The quantitative estimate of drug-likeness (QED) is 0.703. The number of carboxylic acid groups (broad SMARTS) is 1. The molecule has 4 heteroatoms. The van der Waals surface area contributed by atoms with E-state index in [1.807, 2.05) is 12.1 Å². The minimum absolute atomic E-state index is 0.235. The van der Waals surface area contributed by atoms with Gasteiger partial charge in [0, 0.05) is 12.2 Å². The van der Waals surface area contributed by atoms with Crippen LogP contribution in [0, 0.1) is 5.92 Å². The highest BCUT2D eigenvalue weighted by Crippen LogP contribution is 2.12. The van der Waals surface area contributed by atoms with Crippen LogP contribution < -0.4 is 11.1 Å². The third kappa shape index (κ3) is 4.87. The summed E-state index contributed by atoms with van der Waals surface area (Å²) in [6, 6.07) is 7.13. The van der Waals surface area contributed by atoms with Crippen molar-refractivity contribution in [1.82, 2.24) is 0 Å². The fourth-order valence-electron chi connectivity index (χ4n) is 1.55. The molecule has 0 bridgehead atoms. The highest BCUT2D eigenvalue weighted by Gasteiger charge is 2.10. The first-order valence-electron chi connectivity index (χ1n) is 5.80. The van der Waals surface area contributed by atoms with Gasteiger partial charge >= 0.3 is 5.97 Å². The van der Waals surface area contributed by atoms with Crippen molar-refractivity contribution in [2.75, 3.05) is 11.9 Å². The Bertz CT molecular complexity index is 360. The van der Waals surface area contributed by atoms with E-state index < -0.39 is 12.0 Å². The molecule has 1 aromatic rings. The summed E-state index contributed by atoms with van der Waals surface area (Å²) in [5.74, 6) is -0.358. The summed E-state index contributed by atoms with van der Waals surface area (Å²) in [5, 5.41) is 11.6. The van der Waals surface area contributed by atoms with E-state index in [0.717, 1.165) is 12.1 Å². The summed E-state index contributed by atoms with van der Waals surface area (Å²) in [4.78, 5) is 10.5. The maximum Gasteiger partial charge on any atom is 0.322 e. The minimum atomic E-state index is -0.992. The molecule has 0 aliphatic carbocycles. The fourth-order valence-corrected chi connectivity index (χ4v) is 1.55. The van der Waals surface area contributed by atoms with Gasteiger partial charge in [0.15, 0.2) is 0 Å². The predicted octanol–water partition coefficient (Wildman–Crippen LogP) is 1.71. The zero-order chi connectivity index (χ0) is 12.8. The maximum absolute atomic E-state index is 10.5. The topological polar surface area (TPSA) is 75.3 Å². The average Bonchev–Trinajstić information content (AvgIpc) is 2.26. The molecule has 0 spiro atoms. The normalized spacial score (nSPS) is 12.5. The van der Waals surface area contributed by atoms with Crippen LogP contribution in [0.4, 0.5) is 5.69 Å². The van der Waals surface area contributed by atoms with E-state index >= 15 is 0 Å². The molecule has 1 rings (SSSR count). The largest absolute Gasteiger partial charge is 0.480 e. The molecule has 0 saturated carbocycles. The summed E-state index contributed by atoms with van der Waals surface area (Å²) >= 11 is 0. The number of hydrogen-bond donors (Lipinski definition) is 3. The van der Waals surface area contributed by atoms with E-state index in [9.17, 15) is 4.79 Å². The molecule has 0 aliphatic heterocycles. The van der Waals surface area contributed by atoms with E-state index in [1.165, 1.54) is 5.56 Å². The molecule has 94 valence electrons. The van der Waals surface area contributed by atoms with Gasteiger partial charge in [-0.2, -0.15) is 0 Å². The van der Waals surface area contributed by atoms with Gasteiger partial charge in [0.2, 0.25) is 0 Å². The maximum atomic E-state index is 10.5. The second-order valence-electron chi connectivity index (χ2n) is 4.62. The lowest BCUT2D eigenvalue weighted by atomic mass is 10.0. The predicted molar refractivity (Wildman–Crippen MR) is 69.1 cm³/mol. The Kier molecular flexibility index (Phi) is 4.97. The molecule has 0 saturated heterocycles. The van der Waals surface area contributed by atoms with Crippen molar-refractivity contribution in [3.63, 3.8) is 0 Å². The van der Waals surface area contributed by atoms with E-state index in [0.29, 0.717) is 5.92 Å². The van der Waals surface area contributed by atoms with Crippen molar-refractivity contribution in [2.45, 2.75) is 26.3 Å². The van der Waals surface area contributed by atoms with Crippen molar-refractivity contribution in [3.05, 3.63) is 29.8 Å². The third-order valence-electron chi connectivity index (χ3n) is 2.44. The van der Waals surface area contributed by atoms with Crippen LogP contribution >= 0.6 is 0 Å². The zero-order valence-electron chi connectivity index (χ0n) is 10.3. The highest BCUT2D eigenvalue weighted by molar-refractivity contribution is 5.74. The number of hydrogen-bond acceptors (Lipinski definition) is 3. The molecule has 17 heavy (non-hydrogen) atoms. The molecular formula is C13H20N2O2. The zero-order valence-corrected chi connectivity index (χ0v) is 10.3. The summed E-state index contributed by atoms with van der Waals surface area (Å²) in [6.45, 7) is 4.59. The number of nitrogens with two attached hydrogens (primary N) is 1. The van der Waals surface area contributed by atoms with E-state index in [2.05, 4.69) is 31.3 Å². The third-order valence-corrected chi connectivity index (χ3v) is 2.44. The van der Waals surface area contributed by atoms with Gasteiger partial charge in [0.1, 0.15) is 6.04 Å². The molecule has 1 unspecified atom stereocenters. The summed E-state index contributed by atoms with van der Waals surface area (Å²) in [6.07, 6.45) is 1.05. The number of carbonyl (C=O) groups is 1. The van der Waals surface area contributed by atoms with Crippen LogP contribution in [0.5, 0.6) is 0 Å². The van der Waals surface area contributed by atoms with Crippen LogP contribution in [0.3, 0.4) is 0 Å². The van der Waals surface area contributed by atoms with Gasteiger partial charge in [-0.25, -0.2) is 0 Å². The number of carboxylic acids is 1. The Morgan fingerprint density at radius 1 is 1.35 bits per heavy atom. The Labute approximate surface area is 102 Å². The van der Waals surface area contributed by atoms with Crippen molar-refractivity contribution < 1.29 is 9.90 Å². The molecular weight excluding hydrogens is 216 g/mol. The molecule has 1 aromatic carbocycles. The Morgan fingerprint density at radius 2 is 1.94 bits per heavy atom. The molecule has 0 radical (unpaired) electrons. The van der Waals surface area contributed by atoms with Gasteiger partial charge in [-0.3, -0.25) is 4.79 Å². The highest BCUT2D eigenvalue weighted by atomic mass is 16.4. The molecule has 0 aliphatic rings. The van der Waals surface area contributed by atoms with Gasteiger partial charge in [-0.1, -0.05) is 26.0 Å². The fraction of sp³-hybridized carbons (Fsp3) is 0.462. The van der Waals surface area contributed by atoms with Crippen molar-refractivity contribution in [3.8, 4) is 0 Å². The van der Waals surface area contributed by atoms with Crippen LogP contribution in [0.25, 0.3) is 0 Å². The lowest BCUT2D eigenvalue weighted by Crippen LogP contribution is -2.36. The Balaban J connectivity index is 2.48. The van der Waals surface area contributed by atoms with Gasteiger partial charge in [-0.15, -0.1) is 0 Å². The second-order valence-corrected chi connectivity index (χ2v) is 4.62.